The molecule has 1 unspecified atom stereocenters. The SMILES string of the molecule is Fc1ccc(CC(Cl)c2ccc(Br)cc2)cc1. The van der Waals surface area contributed by atoms with Crippen LogP contribution in [0.5, 0.6) is 0 Å². The summed E-state index contributed by atoms with van der Waals surface area (Å²) in [5.41, 5.74) is 2.11. The van der Waals surface area contributed by atoms with Crippen molar-refractivity contribution in [2.75, 3.05) is 0 Å². The number of benzene rings is 2. The third kappa shape index (κ3) is 3.55. The molecule has 2 rings (SSSR count). The summed E-state index contributed by atoms with van der Waals surface area (Å²) in [6, 6.07) is 14.4. The fraction of sp³-hybridized carbons (Fsp3) is 0.143. The molecule has 0 radical (unpaired) electrons. The summed E-state index contributed by atoms with van der Waals surface area (Å²) in [7, 11) is 0. The van der Waals surface area contributed by atoms with Crippen LogP contribution in [0.4, 0.5) is 4.39 Å². The standard InChI is InChI=1S/C14H11BrClF/c15-12-5-3-11(4-6-12)14(16)9-10-1-7-13(17)8-2-10/h1-8,14H,9H2. The summed E-state index contributed by atoms with van der Waals surface area (Å²) in [6.07, 6.45) is 0.698. The van der Waals surface area contributed by atoms with Gasteiger partial charge in [-0.25, -0.2) is 4.39 Å². The Hall–Kier alpha value is -0.860. The van der Waals surface area contributed by atoms with Gasteiger partial charge in [-0.3, -0.25) is 0 Å². The summed E-state index contributed by atoms with van der Waals surface area (Å²) in [6.45, 7) is 0. The van der Waals surface area contributed by atoms with Crippen LogP contribution in [0.3, 0.4) is 0 Å². The second kappa shape index (κ2) is 5.65. The number of halogens is 3. The highest BCUT2D eigenvalue weighted by Crippen LogP contribution is 2.26. The quantitative estimate of drug-likeness (QED) is 0.691. The fourth-order valence-electron chi connectivity index (χ4n) is 1.62. The average Bonchev–Trinajstić information content (AvgIpc) is 2.33. The van der Waals surface area contributed by atoms with Gasteiger partial charge in [0.1, 0.15) is 5.82 Å². The van der Waals surface area contributed by atoms with Gasteiger partial charge in [-0.1, -0.05) is 40.2 Å². The molecule has 3 heteroatoms. The Kier molecular flexibility index (Phi) is 4.19. The second-order valence-corrected chi connectivity index (χ2v) is 5.29. The van der Waals surface area contributed by atoms with E-state index >= 15 is 0 Å². The maximum absolute atomic E-state index is 12.8. The molecule has 0 spiro atoms. The van der Waals surface area contributed by atoms with Crippen LogP contribution in [-0.2, 0) is 6.42 Å². The van der Waals surface area contributed by atoms with Gasteiger partial charge in [-0.15, -0.1) is 11.6 Å². The molecule has 0 nitrogen and oxygen atoms in total. The first-order valence-electron chi connectivity index (χ1n) is 5.29. The van der Waals surface area contributed by atoms with Crippen LogP contribution >= 0.6 is 27.5 Å². The topological polar surface area (TPSA) is 0 Å². The van der Waals surface area contributed by atoms with E-state index in [0.29, 0.717) is 6.42 Å². The Bertz CT molecular complexity index is 479. The lowest BCUT2D eigenvalue weighted by Gasteiger charge is -2.10. The predicted octanol–water partition coefficient (Wildman–Crippen LogP) is 5.11. The van der Waals surface area contributed by atoms with Gasteiger partial charge in [-0.05, 0) is 41.8 Å². The second-order valence-electron chi connectivity index (χ2n) is 3.85. The third-order valence-corrected chi connectivity index (χ3v) is 3.49. The Morgan fingerprint density at radius 1 is 1.00 bits per heavy atom. The number of hydrogen-bond donors (Lipinski definition) is 0. The molecule has 0 amide bonds. The molecule has 2 aromatic carbocycles. The van der Waals surface area contributed by atoms with Crippen LogP contribution in [-0.4, -0.2) is 0 Å². The van der Waals surface area contributed by atoms with Gasteiger partial charge in [0.05, 0.1) is 5.38 Å². The lowest BCUT2D eigenvalue weighted by Crippen LogP contribution is -1.95. The van der Waals surface area contributed by atoms with Crippen molar-refractivity contribution in [3.05, 3.63) is 69.9 Å². The average molecular weight is 314 g/mol. The zero-order valence-electron chi connectivity index (χ0n) is 9.04. The summed E-state index contributed by atoms with van der Waals surface area (Å²) >= 11 is 9.71. The summed E-state index contributed by atoms with van der Waals surface area (Å²) in [5, 5.41) is -0.0893. The first-order chi connectivity index (χ1) is 8.15. The lowest BCUT2D eigenvalue weighted by atomic mass is 10.0. The highest BCUT2D eigenvalue weighted by Gasteiger charge is 2.08. The van der Waals surface area contributed by atoms with Crippen molar-refractivity contribution in [2.45, 2.75) is 11.8 Å². The Balaban J connectivity index is 2.08. The number of hydrogen-bond acceptors (Lipinski definition) is 0. The molecule has 0 heterocycles. The number of alkyl halides is 1. The van der Waals surface area contributed by atoms with Gasteiger partial charge in [0.25, 0.3) is 0 Å². The van der Waals surface area contributed by atoms with Crippen molar-refractivity contribution in [1.82, 2.24) is 0 Å². The molecule has 2 aromatic rings. The molecule has 0 aromatic heterocycles. The largest absolute Gasteiger partial charge is 0.207 e. The molecule has 1 atom stereocenters. The van der Waals surface area contributed by atoms with Crippen LogP contribution < -0.4 is 0 Å². The van der Waals surface area contributed by atoms with Crippen molar-refractivity contribution >= 4 is 27.5 Å². The van der Waals surface area contributed by atoms with Gasteiger partial charge in [0, 0.05) is 4.47 Å². The van der Waals surface area contributed by atoms with Crippen molar-refractivity contribution in [2.24, 2.45) is 0 Å². The molecule has 0 fully saturated rings. The van der Waals surface area contributed by atoms with E-state index < -0.39 is 0 Å². The molecule has 0 saturated carbocycles. The maximum atomic E-state index is 12.8. The van der Waals surface area contributed by atoms with E-state index in [1.54, 1.807) is 12.1 Å². The van der Waals surface area contributed by atoms with Crippen LogP contribution in [0.25, 0.3) is 0 Å². The fourth-order valence-corrected chi connectivity index (χ4v) is 2.20. The van der Waals surface area contributed by atoms with Gasteiger partial charge in [0.2, 0.25) is 0 Å². The first-order valence-corrected chi connectivity index (χ1v) is 6.52. The van der Waals surface area contributed by atoms with Gasteiger partial charge in [0.15, 0.2) is 0 Å². The van der Waals surface area contributed by atoms with Gasteiger partial charge in [-0.2, -0.15) is 0 Å². The Morgan fingerprint density at radius 2 is 1.59 bits per heavy atom. The van der Waals surface area contributed by atoms with Crippen LogP contribution in [0, 0.1) is 5.82 Å². The van der Waals surface area contributed by atoms with Crippen molar-refractivity contribution < 1.29 is 4.39 Å². The normalized spacial score (nSPS) is 12.4. The van der Waals surface area contributed by atoms with E-state index in [1.807, 2.05) is 24.3 Å². The maximum Gasteiger partial charge on any atom is 0.123 e. The van der Waals surface area contributed by atoms with Crippen molar-refractivity contribution in [3.63, 3.8) is 0 Å². The van der Waals surface area contributed by atoms with Crippen LogP contribution in [0.1, 0.15) is 16.5 Å². The van der Waals surface area contributed by atoms with E-state index in [2.05, 4.69) is 15.9 Å². The summed E-state index contributed by atoms with van der Waals surface area (Å²) < 4.78 is 13.8. The zero-order valence-corrected chi connectivity index (χ0v) is 11.4. The minimum atomic E-state index is -0.219. The third-order valence-electron chi connectivity index (χ3n) is 2.56. The highest BCUT2D eigenvalue weighted by atomic mass is 79.9. The molecule has 0 bridgehead atoms. The van der Waals surface area contributed by atoms with Crippen LogP contribution in [0.2, 0.25) is 0 Å². The highest BCUT2D eigenvalue weighted by molar-refractivity contribution is 9.10. The molecule has 0 aliphatic heterocycles. The van der Waals surface area contributed by atoms with Gasteiger partial charge < -0.3 is 0 Å². The molecular weight excluding hydrogens is 303 g/mol. The van der Waals surface area contributed by atoms with E-state index in [0.717, 1.165) is 15.6 Å². The Morgan fingerprint density at radius 3 is 2.18 bits per heavy atom. The van der Waals surface area contributed by atoms with Crippen molar-refractivity contribution in [3.8, 4) is 0 Å². The summed E-state index contributed by atoms with van der Waals surface area (Å²) in [5.74, 6) is -0.219. The van der Waals surface area contributed by atoms with Crippen molar-refractivity contribution in [1.29, 1.82) is 0 Å². The van der Waals surface area contributed by atoms with Gasteiger partial charge >= 0.3 is 0 Å². The Labute approximate surface area is 114 Å². The zero-order chi connectivity index (χ0) is 12.3. The van der Waals surface area contributed by atoms with Crippen LogP contribution in [0.15, 0.2) is 53.0 Å². The molecule has 0 aliphatic carbocycles. The smallest absolute Gasteiger partial charge is 0.123 e. The predicted molar refractivity (Wildman–Crippen MR) is 72.8 cm³/mol. The lowest BCUT2D eigenvalue weighted by molar-refractivity contribution is 0.627. The van der Waals surface area contributed by atoms with E-state index in [9.17, 15) is 4.39 Å². The number of rotatable bonds is 3. The van der Waals surface area contributed by atoms with E-state index in [-0.39, 0.29) is 11.2 Å². The molecule has 0 aliphatic rings. The minimum Gasteiger partial charge on any atom is -0.207 e. The first kappa shape index (κ1) is 12.6. The molecule has 88 valence electrons. The summed E-state index contributed by atoms with van der Waals surface area (Å²) in [4.78, 5) is 0. The molecule has 0 saturated heterocycles. The monoisotopic (exact) mass is 312 g/mol. The van der Waals surface area contributed by atoms with E-state index in [1.165, 1.54) is 12.1 Å². The molecular formula is C14H11BrClF. The van der Waals surface area contributed by atoms with E-state index in [4.69, 9.17) is 11.6 Å². The molecule has 17 heavy (non-hydrogen) atoms. The minimum absolute atomic E-state index is 0.0893. The molecule has 0 N–H and O–H groups in total.